The minimum Gasteiger partial charge on any atom is -0.365 e. The van der Waals surface area contributed by atoms with Crippen LogP contribution in [0.3, 0.4) is 0 Å². The topological polar surface area (TPSA) is 68.0 Å². The van der Waals surface area contributed by atoms with E-state index < -0.39 is 5.91 Å². The lowest BCUT2D eigenvalue weighted by Crippen LogP contribution is -2.18. The molecule has 0 aliphatic carbocycles. The molecule has 0 saturated carbocycles. The first-order chi connectivity index (χ1) is 10.2. The van der Waals surface area contributed by atoms with Gasteiger partial charge in [0.15, 0.2) is 0 Å². The van der Waals surface area contributed by atoms with Crippen LogP contribution in [0.2, 0.25) is 0 Å². The van der Waals surface area contributed by atoms with Crippen molar-refractivity contribution in [2.75, 3.05) is 5.32 Å². The second kappa shape index (κ2) is 5.79. The van der Waals surface area contributed by atoms with E-state index in [1.807, 2.05) is 34.6 Å². The van der Waals surface area contributed by atoms with E-state index in [2.05, 4.69) is 29.4 Å². The highest BCUT2D eigenvalue weighted by Crippen LogP contribution is 2.29. The van der Waals surface area contributed by atoms with Crippen molar-refractivity contribution >= 4 is 17.4 Å². The summed E-state index contributed by atoms with van der Waals surface area (Å²) in [7, 11) is 0. The number of anilines is 2. The van der Waals surface area contributed by atoms with E-state index >= 15 is 0 Å². The number of hydrogen-bond donors (Lipinski definition) is 2. The number of benzene rings is 1. The third kappa shape index (κ3) is 2.82. The molecule has 2 aromatic rings. The Labute approximate surface area is 131 Å². The number of primary amides is 1. The molecular formula is C18H23N3O. The summed E-state index contributed by atoms with van der Waals surface area (Å²) in [5, 5.41) is 3.31. The number of nitrogens with two attached hydrogens (primary N) is 1. The molecule has 22 heavy (non-hydrogen) atoms. The molecule has 0 radical (unpaired) electrons. The lowest BCUT2D eigenvalue weighted by Gasteiger charge is -2.18. The van der Waals surface area contributed by atoms with E-state index in [1.165, 1.54) is 5.56 Å². The highest BCUT2D eigenvalue weighted by Gasteiger charge is 2.18. The second-order valence-electron chi connectivity index (χ2n) is 5.93. The van der Waals surface area contributed by atoms with Crippen LogP contribution in [0.25, 0.3) is 0 Å². The van der Waals surface area contributed by atoms with E-state index in [9.17, 15) is 4.79 Å². The summed E-state index contributed by atoms with van der Waals surface area (Å²) in [5.41, 5.74) is 13.2. The molecule has 0 fully saturated rings. The molecule has 1 aromatic carbocycles. The van der Waals surface area contributed by atoms with E-state index in [0.29, 0.717) is 11.4 Å². The molecule has 0 unspecified atom stereocenters. The largest absolute Gasteiger partial charge is 0.365 e. The average molecular weight is 297 g/mol. The van der Waals surface area contributed by atoms with Crippen LogP contribution in [-0.2, 0) is 0 Å². The van der Waals surface area contributed by atoms with Crippen LogP contribution in [0.15, 0.2) is 12.1 Å². The monoisotopic (exact) mass is 297 g/mol. The van der Waals surface area contributed by atoms with Gasteiger partial charge in [-0.1, -0.05) is 17.7 Å². The van der Waals surface area contributed by atoms with Gasteiger partial charge in [-0.2, -0.15) is 0 Å². The molecule has 1 aromatic heterocycles. The van der Waals surface area contributed by atoms with Gasteiger partial charge >= 0.3 is 0 Å². The third-order valence-electron chi connectivity index (χ3n) is 4.16. The number of aromatic nitrogens is 1. The van der Waals surface area contributed by atoms with Gasteiger partial charge in [0, 0.05) is 11.4 Å². The highest BCUT2D eigenvalue weighted by molar-refractivity contribution is 6.00. The lowest BCUT2D eigenvalue weighted by molar-refractivity contribution is 0.1000. The normalized spacial score (nSPS) is 10.6. The number of carbonyl (C=O) groups excluding carboxylic acids is 1. The van der Waals surface area contributed by atoms with Gasteiger partial charge in [-0.3, -0.25) is 4.79 Å². The SMILES string of the molecule is Cc1cc(C)c(Nc2nc(C)c(C)c(C)c2C(N)=O)c(C)c1. The zero-order valence-electron chi connectivity index (χ0n) is 14.1. The smallest absolute Gasteiger partial charge is 0.252 e. The molecule has 4 heteroatoms. The zero-order chi connectivity index (χ0) is 16.6. The number of aryl methyl sites for hydroxylation is 4. The molecule has 0 aliphatic heterocycles. The summed E-state index contributed by atoms with van der Waals surface area (Å²) in [6, 6.07) is 4.21. The van der Waals surface area contributed by atoms with Gasteiger partial charge in [-0.15, -0.1) is 0 Å². The average Bonchev–Trinajstić information content (AvgIpc) is 2.39. The van der Waals surface area contributed by atoms with Crippen molar-refractivity contribution in [2.24, 2.45) is 5.73 Å². The minimum absolute atomic E-state index is 0.460. The summed E-state index contributed by atoms with van der Waals surface area (Å²) in [5.74, 6) is 0.0705. The Kier molecular flexibility index (Phi) is 4.22. The van der Waals surface area contributed by atoms with Crippen LogP contribution in [-0.4, -0.2) is 10.9 Å². The van der Waals surface area contributed by atoms with Crippen molar-refractivity contribution in [3.05, 3.63) is 51.2 Å². The predicted molar refractivity (Wildman–Crippen MR) is 90.9 cm³/mol. The maximum atomic E-state index is 11.9. The first kappa shape index (κ1) is 16.0. The van der Waals surface area contributed by atoms with Crippen LogP contribution < -0.4 is 11.1 Å². The summed E-state index contributed by atoms with van der Waals surface area (Å²) in [6.45, 7) is 11.9. The van der Waals surface area contributed by atoms with Crippen molar-refractivity contribution in [2.45, 2.75) is 41.5 Å². The third-order valence-corrected chi connectivity index (χ3v) is 4.16. The van der Waals surface area contributed by atoms with E-state index in [0.717, 1.165) is 33.6 Å². The van der Waals surface area contributed by atoms with Crippen LogP contribution in [0.5, 0.6) is 0 Å². The zero-order valence-corrected chi connectivity index (χ0v) is 14.1. The number of pyridine rings is 1. The predicted octanol–water partition coefficient (Wildman–Crippen LogP) is 3.77. The molecule has 0 spiro atoms. The summed E-state index contributed by atoms with van der Waals surface area (Å²) < 4.78 is 0. The second-order valence-corrected chi connectivity index (χ2v) is 5.93. The van der Waals surface area contributed by atoms with Crippen LogP contribution in [0.4, 0.5) is 11.5 Å². The van der Waals surface area contributed by atoms with Crippen LogP contribution >= 0.6 is 0 Å². The van der Waals surface area contributed by atoms with Crippen molar-refractivity contribution in [1.82, 2.24) is 4.98 Å². The Morgan fingerprint density at radius 3 is 2.05 bits per heavy atom. The standard InChI is InChI=1S/C18H23N3O/c1-9-7-10(2)16(11(3)8-9)21-18-15(17(19)22)13(5)12(4)14(6)20-18/h7-8H,1-6H3,(H2,19,22)(H,20,21). The van der Waals surface area contributed by atoms with Gasteiger partial charge in [0.1, 0.15) is 5.82 Å². The number of carbonyl (C=O) groups is 1. The fourth-order valence-corrected chi connectivity index (χ4v) is 2.83. The number of rotatable bonds is 3. The molecule has 0 aliphatic rings. The Balaban J connectivity index is 2.62. The molecule has 116 valence electrons. The Hall–Kier alpha value is -2.36. The van der Waals surface area contributed by atoms with Gasteiger partial charge in [-0.05, 0) is 63.8 Å². The van der Waals surface area contributed by atoms with Gasteiger partial charge in [-0.25, -0.2) is 4.98 Å². The fraction of sp³-hybridized carbons (Fsp3) is 0.333. The maximum absolute atomic E-state index is 11.9. The van der Waals surface area contributed by atoms with Crippen molar-refractivity contribution in [3.63, 3.8) is 0 Å². The van der Waals surface area contributed by atoms with E-state index in [1.54, 1.807) is 0 Å². The molecule has 1 heterocycles. The molecular weight excluding hydrogens is 274 g/mol. The molecule has 0 saturated heterocycles. The molecule has 3 N–H and O–H groups in total. The number of nitrogens with one attached hydrogen (secondary N) is 1. The van der Waals surface area contributed by atoms with Gasteiger partial charge in [0.2, 0.25) is 0 Å². The number of amides is 1. The maximum Gasteiger partial charge on any atom is 0.252 e. The summed E-state index contributed by atoms with van der Waals surface area (Å²) in [4.78, 5) is 16.4. The van der Waals surface area contributed by atoms with Crippen molar-refractivity contribution < 1.29 is 4.79 Å². The van der Waals surface area contributed by atoms with E-state index in [-0.39, 0.29) is 0 Å². The van der Waals surface area contributed by atoms with Crippen molar-refractivity contribution in [3.8, 4) is 0 Å². The first-order valence-corrected chi connectivity index (χ1v) is 7.34. The molecule has 0 bridgehead atoms. The molecule has 4 nitrogen and oxygen atoms in total. The minimum atomic E-state index is -0.460. The molecule has 1 amide bonds. The molecule has 0 atom stereocenters. The lowest BCUT2D eigenvalue weighted by atomic mass is 10.0. The first-order valence-electron chi connectivity index (χ1n) is 7.34. The van der Waals surface area contributed by atoms with Crippen LogP contribution in [0.1, 0.15) is 43.9 Å². The summed E-state index contributed by atoms with van der Waals surface area (Å²) in [6.07, 6.45) is 0. The van der Waals surface area contributed by atoms with Gasteiger partial charge in [0.05, 0.1) is 5.56 Å². The summed E-state index contributed by atoms with van der Waals surface area (Å²) >= 11 is 0. The van der Waals surface area contributed by atoms with E-state index in [4.69, 9.17) is 5.73 Å². The Morgan fingerprint density at radius 2 is 1.55 bits per heavy atom. The fourth-order valence-electron chi connectivity index (χ4n) is 2.83. The number of nitrogens with zero attached hydrogens (tertiary/aromatic N) is 1. The van der Waals surface area contributed by atoms with Gasteiger partial charge < -0.3 is 11.1 Å². The molecule has 2 rings (SSSR count). The Morgan fingerprint density at radius 1 is 1.00 bits per heavy atom. The van der Waals surface area contributed by atoms with Crippen molar-refractivity contribution in [1.29, 1.82) is 0 Å². The van der Waals surface area contributed by atoms with Crippen LogP contribution in [0, 0.1) is 41.5 Å². The quantitative estimate of drug-likeness (QED) is 0.906. The van der Waals surface area contributed by atoms with Gasteiger partial charge in [0.25, 0.3) is 5.91 Å². The Bertz CT molecular complexity index is 740. The highest BCUT2D eigenvalue weighted by atomic mass is 16.1. The number of hydrogen-bond acceptors (Lipinski definition) is 3.